The van der Waals surface area contributed by atoms with E-state index in [4.69, 9.17) is 0 Å². The van der Waals surface area contributed by atoms with E-state index in [1.54, 1.807) is 29.2 Å². The normalized spacial score (nSPS) is 17.8. The molecular formula is C15H14F3N3. The van der Waals surface area contributed by atoms with Gasteiger partial charge in [0.25, 0.3) is 5.92 Å². The highest BCUT2D eigenvalue weighted by atomic mass is 19.3. The Hall–Kier alpha value is -2.11. The predicted octanol–water partition coefficient (Wildman–Crippen LogP) is 3.52. The van der Waals surface area contributed by atoms with E-state index < -0.39 is 11.7 Å². The van der Waals surface area contributed by atoms with Gasteiger partial charge >= 0.3 is 0 Å². The number of anilines is 1. The topological polar surface area (TPSA) is 29.0 Å². The maximum Gasteiger partial charge on any atom is 0.251 e. The number of piperidine rings is 1. The summed E-state index contributed by atoms with van der Waals surface area (Å²) < 4.78 is 41.0. The monoisotopic (exact) mass is 293 g/mol. The van der Waals surface area contributed by atoms with Crippen molar-refractivity contribution in [1.29, 1.82) is 0 Å². The van der Waals surface area contributed by atoms with E-state index in [9.17, 15) is 13.2 Å². The second-order valence-electron chi connectivity index (χ2n) is 5.07. The molecule has 0 bridgehead atoms. The second-order valence-corrected chi connectivity index (χ2v) is 5.07. The van der Waals surface area contributed by atoms with Crippen molar-refractivity contribution in [3.05, 3.63) is 42.5 Å². The van der Waals surface area contributed by atoms with E-state index in [1.165, 1.54) is 6.33 Å². The highest BCUT2D eigenvalue weighted by molar-refractivity contribution is 5.63. The van der Waals surface area contributed by atoms with Crippen molar-refractivity contribution in [3.8, 4) is 11.3 Å². The van der Waals surface area contributed by atoms with Crippen molar-refractivity contribution in [2.24, 2.45) is 0 Å². The molecule has 0 spiro atoms. The summed E-state index contributed by atoms with van der Waals surface area (Å²) in [5.74, 6) is -3.13. The zero-order chi connectivity index (χ0) is 14.9. The maximum atomic E-state index is 14.6. The van der Waals surface area contributed by atoms with E-state index in [2.05, 4.69) is 9.97 Å². The average Bonchev–Trinajstić information content (AvgIpc) is 2.49. The lowest BCUT2D eigenvalue weighted by Gasteiger charge is -2.32. The highest BCUT2D eigenvalue weighted by Crippen LogP contribution is 2.32. The summed E-state index contributed by atoms with van der Waals surface area (Å²) in [5.41, 5.74) is 0.832. The molecule has 1 aliphatic heterocycles. The molecule has 0 N–H and O–H groups in total. The lowest BCUT2D eigenvalue weighted by atomic mass is 10.1. The number of alkyl halides is 2. The van der Waals surface area contributed by atoms with E-state index in [0.29, 0.717) is 5.56 Å². The number of benzene rings is 1. The van der Waals surface area contributed by atoms with Gasteiger partial charge in [-0.25, -0.2) is 23.1 Å². The zero-order valence-electron chi connectivity index (χ0n) is 11.3. The summed E-state index contributed by atoms with van der Waals surface area (Å²) in [6, 6.07) is 8.91. The Morgan fingerprint density at radius 3 is 2.33 bits per heavy atom. The Bertz CT molecular complexity index is 621. The first kappa shape index (κ1) is 13.9. The zero-order valence-corrected chi connectivity index (χ0v) is 11.3. The minimum atomic E-state index is -2.66. The Balaban J connectivity index is 1.91. The van der Waals surface area contributed by atoms with E-state index >= 15 is 0 Å². The molecule has 1 saturated heterocycles. The summed E-state index contributed by atoms with van der Waals surface area (Å²) in [4.78, 5) is 9.46. The number of hydrogen-bond acceptors (Lipinski definition) is 3. The van der Waals surface area contributed by atoms with Crippen LogP contribution in [0.25, 0.3) is 11.3 Å². The van der Waals surface area contributed by atoms with Crippen LogP contribution in [0.1, 0.15) is 12.8 Å². The molecule has 6 heteroatoms. The van der Waals surface area contributed by atoms with Gasteiger partial charge in [-0.2, -0.15) is 0 Å². The predicted molar refractivity (Wildman–Crippen MR) is 73.8 cm³/mol. The molecule has 1 aromatic carbocycles. The van der Waals surface area contributed by atoms with Crippen LogP contribution in [0.5, 0.6) is 0 Å². The lowest BCUT2D eigenvalue weighted by molar-refractivity contribution is -0.0222. The third-order valence-electron chi connectivity index (χ3n) is 3.61. The molecular weight excluding hydrogens is 279 g/mol. The second kappa shape index (κ2) is 5.35. The molecule has 2 heterocycles. The smallest absolute Gasteiger partial charge is 0.251 e. The van der Waals surface area contributed by atoms with Gasteiger partial charge < -0.3 is 4.90 Å². The maximum absolute atomic E-state index is 14.6. The Morgan fingerprint density at radius 1 is 1.00 bits per heavy atom. The standard InChI is InChI=1S/C15H14F3N3/c16-12-13(11-4-2-1-3-5-11)19-10-20-14(12)21-8-6-15(17,18)7-9-21/h1-5,10H,6-9H2. The lowest BCUT2D eigenvalue weighted by Crippen LogP contribution is -2.40. The molecule has 21 heavy (non-hydrogen) atoms. The first-order valence-electron chi connectivity index (χ1n) is 6.75. The first-order valence-corrected chi connectivity index (χ1v) is 6.75. The fourth-order valence-corrected chi connectivity index (χ4v) is 2.42. The average molecular weight is 293 g/mol. The highest BCUT2D eigenvalue weighted by Gasteiger charge is 2.35. The van der Waals surface area contributed by atoms with Gasteiger partial charge in [-0.05, 0) is 0 Å². The third kappa shape index (κ3) is 2.84. The molecule has 0 amide bonds. The van der Waals surface area contributed by atoms with Gasteiger partial charge in [-0.3, -0.25) is 0 Å². The van der Waals surface area contributed by atoms with Crippen molar-refractivity contribution < 1.29 is 13.2 Å². The van der Waals surface area contributed by atoms with Crippen LogP contribution in [-0.2, 0) is 0 Å². The van der Waals surface area contributed by atoms with Gasteiger partial charge in [0.15, 0.2) is 11.6 Å². The summed E-state index contributed by atoms with van der Waals surface area (Å²) >= 11 is 0. The molecule has 110 valence electrons. The quantitative estimate of drug-likeness (QED) is 0.848. The molecule has 1 aliphatic rings. The number of nitrogens with zero attached hydrogens (tertiary/aromatic N) is 3. The number of rotatable bonds is 2. The van der Waals surface area contributed by atoms with Crippen LogP contribution in [0.4, 0.5) is 19.0 Å². The summed E-state index contributed by atoms with van der Waals surface area (Å²) in [5, 5.41) is 0. The summed E-state index contributed by atoms with van der Waals surface area (Å²) in [6.07, 6.45) is 0.710. The largest absolute Gasteiger partial charge is 0.354 e. The van der Waals surface area contributed by atoms with E-state index in [0.717, 1.165) is 0 Å². The van der Waals surface area contributed by atoms with E-state index in [1.807, 2.05) is 6.07 Å². The molecule has 1 fully saturated rings. The van der Waals surface area contributed by atoms with Gasteiger partial charge in [0, 0.05) is 31.5 Å². The Kier molecular flexibility index (Phi) is 3.53. The fraction of sp³-hybridized carbons (Fsp3) is 0.333. The van der Waals surface area contributed by atoms with E-state index in [-0.39, 0.29) is 37.4 Å². The van der Waals surface area contributed by atoms with Crippen molar-refractivity contribution >= 4 is 5.82 Å². The van der Waals surface area contributed by atoms with Gasteiger partial charge in [-0.15, -0.1) is 0 Å². The number of halogens is 3. The van der Waals surface area contributed by atoms with Crippen molar-refractivity contribution in [3.63, 3.8) is 0 Å². The van der Waals surface area contributed by atoms with Gasteiger partial charge in [0.2, 0.25) is 0 Å². The van der Waals surface area contributed by atoms with Crippen LogP contribution in [0, 0.1) is 5.82 Å². The van der Waals surface area contributed by atoms with Crippen molar-refractivity contribution in [2.45, 2.75) is 18.8 Å². The van der Waals surface area contributed by atoms with Gasteiger partial charge in [0.05, 0.1) is 0 Å². The third-order valence-corrected chi connectivity index (χ3v) is 3.61. The molecule has 0 aliphatic carbocycles. The van der Waals surface area contributed by atoms with Crippen LogP contribution < -0.4 is 4.90 Å². The fourth-order valence-electron chi connectivity index (χ4n) is 2.42. The molecule has 2 aromatic rings. The minimum Gasteiger partial charge on any atom is -0.354 e. The molecule has 3 rings (SSSR count). The van der Waals surface area contributed by atoms with Crippen LogP contribution in [-0.4, -0.2) is 29.0 Å². The molecule has 1 aromatic heterocycles. The summed E-state index contributed by atoms with van der Waals surface area (Å²) in [6.45, 7) is 0.185. The first-order chi connectivity index (χ1) is 10.1. The number of hydrogen-bond donors (Lipinski definition) is 0. The molecule has 0 unspecified atom stereocenters. The SMILES string of the molecule is Fc1c(-c2ccccc2)ncnc1N1CCC(F)(F)CC1. The van der Waals surface area contributed by atoms with Crippen LogP contribution >= 0.6 is 0 Å². The molecule has 0 atom stereocenters. The Labute approximate surface area is 120 Å². The molecule has 3 nitrogen and oxygen atoms in total. The Morgan fingerprint density at radius 2 is 1.67 bits per heavy atom. The minimum absolute atomic E-state index is 0.0924. The summed E-state index contributed by atoms with van der Waals surface area (Å²) in [7, 11) is 0. The van der Waals surface area contributed by atoms with Gasteiger partial charge in [-0.1, -0.05) is 30.3 Å². The van der Waals surface area contributed by atoms with Crippen molar-refractivity contribution in [2.75, 3.05) is 18.0 Å². The van der Waals surface area contributed by atoms with Crippen LogP contribution in [0.3, 0.4) is 0 Å². The van der Waals surface area contributed by atoms with Crippen LogP contribution in [0.15, 0.2) is 36.7 Å². The van der Waals surface area contributed by atoms with Crippen LogP contribution in [0.2, 0.25) is 0 Å². The van der Waals surface area contributed by atoms with Gasteiger partial charge in [0.1, 0.15) is 12.0 Å². The molecule has 0 saturated carbocycles. The number of aromatic nitrogens is 2. The van der Waals surface area contributed by atoms with Crippen molar-refractivity contribution in [1.82, 2.24) is 9.97 Å². The molecule has 0 radical (unpaired) electrons.